The molecule has 0 aliphatic carbocycles. The molecule has 0 unspecified atom stereocenters. The van der Waals surface area contributed by atoms with Crippen LogP contribution in [-0.2, 0) is 16.0 Å². The SMILES string of the molecule is CCc1ccc(C(Nc2ccc(N(C)C(=O)CN3CCN(C)CC3)cc2)=C2C(=O)Nc3ccc(C(=O)O)cc32)cc1. The number of carboxylic acid groups (broad SMARTS) is 1. The molecule has 3 aromatic carbocycles. The molecule has 3 aromatic rings. The van der Waals surface area contributed by atoms with Crippen LogP contribution >= 0.6 is 0 Å². The van der Waals surface area contributed by atoms with Crippen LogP contribution < -0.4 is 15.5 Å². The molecule has 0 bridgehead atoms. The van der Waals surface area contributed by atoms with Crippen molar-refractivity contribution in [3.05, 3.63) is 89.0 Å². The van der Waals surface area contributed by atoms with E-state index in [2.05, 4.69) is 34.4 Å². The van der Waals surface area contributed by atoms with Gasteiger partial charge in [0, 0.05) is 55.9 Å². The Morgan fingerprint density at radius 2 is 1.61 bits per heavy atom. The van der Waals surface area contributed by atoms with E-state index in [4.69, 9.17) is 0 Å². The predicted octanol–water partition coefficient (Wildman–Crippen LogP) is 4.09. The Hall–Kier alpha value is -4.47. The smallest absolute Gasteiger partial charge is 0.335 e. The van der Waals surface area contributed by atoms with Crippen LogP contribution in [0.25, 0.3) is 11.3 Å². The molecule has 2 heterocycles. The maximum absolute atomic E-state index is 13.2. The van der Waals surface area contributed by atoms with Gasteiger partial charge in [-0.05, 0) is 67.1 Å². The van der Waals surface area contributed by atoms with Crippen LogP contribution in [0, 0.1) is 0 Å². The normalized spacial score (nSPS) is 16.6. The van der Waals surface area contributed by atoms with Crippen molar-refractivity contribution in [1.82, 2.24) is 9.80 Å². The topological polar surface area (TPSA) is 105 Å². The molecular weight excluding hydrogens is 518 g/mol. The third-order valence-electron chi connectivity index (χ3n) is 7.76. The fourth-order valence-electron chi connectivity index (χ4n) is 5.09. The van der Waals surface area contributed by atoms with Gasteiger partial charge in [-0.1, -0.05) is 31.2 Å². The zero-order valence-corrected chi connectivity index (χ0v) is 23.6. The van der Waals surface area contributed by atoms with E-state index >= 15 is 0 Å². The Bertz CT molecular complexity index is 1490. The maximum Gasteiger partial charge on any atom is 0.335 e. The fraction of sp³-hybridized carbons (Fsp3) is 0.281. The van der Waals surface area contributed by atoms with Gasteiger partial charge in [0.25, 0.3) is 5.91 Å². The number of benzene rings is 3. The molecule has 1 saturated heterocycles. The Morgan fingerprint density at radius 3 is 2.24 bits per heavy atom. The molecule has 0 atom stereocenters. The van der Waals surface area contributed by atoms with Crippen LogP contribution in [0.15, 0.2) is 66.7 Å². The number of piperazine rings is 1. The molecule has 5 rings (SSSR count). The minimum atomic E-state index is -1.06. The van der Waals surface area contributed by atoms with E-state index < -0.39 is 5.97 Å². The van der Waals surface area contributed by atoms with Crippen LogP contribution in [0.3, 0.4) is 0 Å². The number of hydrogen-bond acceptors (Lipinski definition) is 6. The molecule has 1 fully saturated rings. The first-order valence-electron chi connectivity index (χ1n) is 13.8. The maximum atomic E-state index is 13.2. The van der Waals surface area contributed by atoms with Gasteiger partial charge in [0.15, 0.2) is 0 Å². The van der Waals surface area contributed by atoms with Gasteiger partial charge in [-0.2, -0.15) is 0 Å². The molecule has 0 saturated carbocycles. The van der Waals surface area contributed by atoms with Crippen molar-refractivity contribution in [3.8, 4) is 0 Å². The number of carbonyl (C=O) groups is 3. The monoisotopic (exact) mass is 553 g/mol. The second kappa shape index (κ2) is 12.0. The van der Waals surface area contributed by atoms with E-state index in [9.17, 15) is 19.5 Å². The molecule has 0 spiro atoms. The van der Waals surface area contributed by atoms with Gasteiger partial charge >= 0.3 is 5.97 Å². The second-order valence-corrected chi connectivity index (χ2v) is 10.5. The highest BCUT2D eigenvalue weighted by Crippen LogP contribution is 2.38. The molecule has 2 aliphatic rings. The number of rotatable bonds is 8. The Kier molecular flexibility index (Phi) is 8.19. The van der Waals surface area contributed by atoms with Gasteiger partial charge in [-0.15, -0.1) is 0 Å². The quantitative estimate of drug-likeness (QED) is 0.361. The van der Waals surface area contributed by atoms with E-state index in [1.54, 1.807) is 18.0 Å². The minimum Gasteiger partial charge on any atom is -0.478 e. The summed E-state index contributed by atoms with van der Waals surface area (Å²) in [6.07, 6.45) is 0.882. The summed E-state index contributed by atoms with van der Waals surface area (Å²) in [5.74, 6) is -1.34. The van der Waals surface area contributed by atoms with Gasteiger partial charge < -0.3 is 25.5 Å². The number of hydrogen-bond donors (Lipinski definition) is 3. The number of carboxylic acids is 1. The lowest BCUT2D eigenvalue weighted by Gasteiger charge is -2.32. The van der Waals surface area contributed by atoms with E-state index in [1.807, 2.05) is 48.5 Å². The molecule has 212 valence electrons. The van der Waals surface area contributed by atoms with Crippen molar-refractivity contribution in [1.29, 1.82) is 0 Å². The summed E-state index contributed by atoms with van der Waals surface area (Å²) in [6.45, 7) is 6.11. The lowest BCUT2D eigenvalue weighted by Crippen LogP contribution is -2.48. The van der Waals surface area contributed by atoms with E-state index in [0.29, 0.717) is 29.1 Å². The molecule has 9 heteroatoms. The third-order valence-corrected chi connectivity index (χ3v) is 7.76. The summed E-state index contributed by atoms with van der Waals surface area (Å²) < 4.78 is 0. The highest BCUT2D eigenvalue weighted by Gasteiger charge is 2.29. The number of aromatic carboxylic acids is 1. The van der Waals surface area contributed by atoms with Crippen molar-refractivity contribution in [3.63, 3.8) is 0 Å². The standard InChI is InChI=1S/C32H35N5O4/c1-4-21-5-7-22(8-6-21)30(29-26-19-23(32(40)41)9-14-27(26)34-31(29)39)33-24-10-12-25(13-11-24)36(3)28(38)20-37-17-15-35(2)16-18-37/h5-14,19,33H,4,15-18,20H2,1-3H3,(H,34,39)(H,40,41). The summed E-state index contributed by atoms with van der Waals surface area (Å²) in [7, 11) is 3.87. The Labute approximate surface area is 240 Å². The molecule has 0 radical (unpaired) electrons. The molecule has 2 aliphatic heterocycles. The highest BCUT2D eigenvalue weighted by atomic mass is 16.4. The first-order valence-corrected chi connectivity index (χ1v) is 13.8. The van der Waals surface area contributed by atoms with Gasteiger partial charge in [-0.3, -0.25) is 14.5 Å². The van der Waals surface area contributed by atoms with Gasteiger partial charge in [0.1, 0.15) is 0 Å². The second-order valence-electron chi connectivity index (χ2n) is 10.5. The molecule has 2 amide bonds. The first kappa shape index (κ1) is 28.1. The number of aryl methyl sites for hydroxylation is 1. The van der Waals surface area contributed by atoms with Crippen LogP contribution in [-0.4, -0.2) is 79.5 Å². The predicted molar refractivity (Wildman–Crippen MR) is 162 cm³/mol. The van der Waals surface area contributed by atoms with E-state index in [0.717, 1.165) is 55.1 Å². The van der Waals surface area contributed by atoms with Crippen molar-refractivity contribution < 1.29 is 19.5 Å². The summed E-state index contributed by atoms with van der Waals surface area (Å²) in [6, 6.07) is 20.1. The lowest BCUT2D eigenvalue weighted by molar-refractivity contribution is -0.119. The van der Waals surface area contributed by atoms with Crippen LogP contribution in [0.2, 0.25) is 0 Å². The van der Waals surface area contributed by atoms with Gasteiger partial charge in [0.05, 0.1) is 23.4 Å². The number of nitrogens with one attached hydrogen (secondary N) is 2. The molecule has 0 aromatic heterocycles. The largest absolute Gasteiger partial charge is 0.478 e. The van der Waals surface area contributed by atoms with Crippen LogP contribution in [0.1, 0.15) is 34.0 Å². The van der Waals surface area contributed by atoms with E-state index in [1.165, 1.54) is 12.1 Å². The summed E-state index contributed by atoms with van der Waals surface area (Å²) in [4.78, 5) is 44.0. The van der Waals surface area contributed by atoms with Crippen molar-refractivity contribution in [2.75, 3.05) is 62.4 Å². The third kappa shape index (κ3) is 6.16. The lowest BCUT2D eigenvalue weighted by atomic mass is 9.97. The number of amides is 2. The average Bonchev–Trinajstić information content (AvgIpc) is 3.31. The van der Waals surface area contributed by atoms with Gasteiger partial charge in [0.2, 0.25) is 5.91 Å². The van der Waals surface area contributed by atoms with Crippen LogP contribution in [0.4, 0.5) is 17.1 Å². The number of carbonyl (C=O) groups excluding carboxylic acids is 2. The van der Waals surface area contributed by atoms with Crippen molar-refractivity contribution in [2.24, 2.45) is 0 Å². The zero-order valence-electron chi connectivity index (χ0n) is 23.6. The fourth-order valence-corrected chi connectivity index (χ4v) is 5.09. The van der Waals surface area contributed by atoms with Gasteiger partial charge in [-0.25, -0.2) is 4.79 Å². The van der Waals surface area contributed by atoms with E-state index in [-0.39, 0.29) is 17.4 Å². The Morgan fingerprint density at radius 1 is 0.951 bits per heavy atom. The number of nitrogens with zero attached hydrogens (tertiary/aromatic N) is 3. The number of likely N-dealkylation sites (N-methyl/N-ethyl adjacent to an activating group) is 2. The number of anilines is 3. The number of fused-ring (bicyclic) bond motifs is 1. The van der Waals surface area contributed by atoms with Crippen molar-refractivity contribution >= 4 is 46.1 Å². The van der Waals surface area contributed by atoms with Crippen molar-refractivity contribution in [2.45, 2.75) is 13.3 Å². The highest BCUT2D eigenvalue weighted by molar-refractivity contribution is 6.37. The zero-order chi connectivity index (χ0) is 29.1. The van der Waals surface area contributed by atoms with Crippen LogP contribution in [0.5, 0.6) is 0 Å². The minimum absolute atomic E-state index is 0.0301. The summed E-state index contributed by atoms with van der Waals surface area (Å²) in [5, 5.41) is 15.8. The molecule has 3 N–H and O–H groups in total. The first-order chi connectivity index (χ1) is 19.7. The Balaban J connectivity index is 1.43. The molecule has 41 heavy (non-hydrogen) atoms. The summed E-state index contributed by atoms with van der Waals surface area (Å²) in [5.41, 5.74) is 5.60. The molecular formula is C32H35N5O4. The summed E-state index contributed by atoms with van der Waals surface area (Å²) >= 11 is 0. The molecule has 9 nitrogen and oxygen atoms in total. The average molecular weight is 554 g/mol.